The van der Waals surface area contributed by atoms with Gasteiger partial charge in [-0.3, -0.25) is 4.79 Å². The molecule has 4 saturated carbocycles. The van der Waals surface area contributed by atoms with Gasteiger partial charge >= 0.3 is 0 Å². The summed E-state index contributed by atoms with van der Waals surface area (Å²) in [4.78, 5) is 16.7. The molecule has 1 aromatic heterocycles. The van der Waals surface area contributed by atoms with Gasteiger partial charge in [-0.05, 0) is 93.1 Å². The van der Waals surface area contributed by atoms with Gasteiger partial charge in [-0.2, -0.15) is 4.31 Å². The standard InChI is InChI=1S/C23H32ClN3O3S/c24-21-20(2-1-6-25-21)31(29,30)27-8-3-19(4-9-27)22(28)26-7-5-23-13-16-10-17(14-23)12-18(11-16)15-23/h1-2,6,16-19H,3-5,7-15H2,(H,26,28). The largest absolute Gasteiger partial charge is 0.356 e. The van der Waals surface area contributed by atoms with Crippen LogP contribution in [0.4, 0.5) is 0 Å². The molecule has 8 heteroatoms. The number of nitrogens with zero attached hydrogens (tertiary/aromatic N) is 2. The summed E-state index contributed by atoms with van der Waals surface area (Å²) in [7, 11) is -3.68. The second-order valence-electron chi connectivity index (χ2n) is 10.4. The quantitative estimate of drug-likeness (QED) is 0.647. The van der Waals surface area contributed by atoms with Crippen LogP contribution < -0.4 is 5.32 Å². The molecule has 0 radical (unpaired) electrons. The van der Waals surface area contributed by atoms with E-state index in [1.165, 1.54) is 55.1 Å². The SMILES string of the molecule is O=C(NCCC12CC3CC(CC(C3)C1)C2)C1CCN(S(=O)(=O)c2cccnc2Cl)CC1. The zero-order valence-corrected chi connectivity index (χ0v) is 19.5. The fraction of sp³-hybridized carbons (Fsp3) is 0.739. The highest BCUT2D eigenvalue weighted by molar-refractivity contribution is 7.89. The second-order valence-corrected chi connectivity index (χ2v) is 12.7. The summed E-state index contributed by atoms with van der Waals surface area (Å²) in [6.07, 6.45) is 12.1. The average molecular weight is 466 g/mol. The molecule has 1 N–H and O–H groups in total. The van der Waals surface area contributed by atoms with Crippen LogP contribution in [0, 0.1) is 29.1 Å². The Kier molecular flexibility index (Phi) is 5.80. The van der Waals surface area contributed by atoms with Crippen molar-refractivity contribution in [3.8, 4) is 0 Å². The van der Waals surface area contributed by atoms with Crippen LogP contribution in [-0.2, 0) is 14.8 Å². The third-order valence-corrected chi connectivity index (χ3v) is 10.6. The smallest absolute Gasteiger partial charge is 0.246 e. The summed E-state index contributed by atoms with van der Waals surface area (Å²) in [5, 5.41) is 3.18. The minimum absolute atomic E-state index is 0.00737. The fourth-order valence-electron chi connectivity index (χ4n) is 7.25. The van der Waals surface area contributed by atoms with Crippen molar-refractivity contribution in [3.63, 3.8) is 0 Å². The fourth-order valence-corrected chi connectivity index (χ4v) is 9.15. The molecular formula is C23H32ClN3O3S. The third kappa shape index (κ3) is 4.25. The lowest BCUT2D eigenvalue weighted by Gasteiger charge is -2.57. The predicted octanol–water partition coefficient (Wildman–Crippen LogP) is 3.86. The Morgan fingerprint density at radius 2 is 1.74 bits per heavy atom. The molecule has 1 aromatic rings. The molecule has 4 bridgehead atoms. The van der Waals surface area contributed by atoms with Crippen molar-refractivity contribution in [2.45, 2.75) is 62.7 Å². The van der Waals surface area contributed by atoms with Crippen LogP contribution in [-0.4, -0.2) is 43.2 Å². The van der Waals surface area contributed by atoms with Gasteiger partial charge in [-0.1, -0.05) is 11.6 Å². The lowest BCUT2D eigenvalue weighted by atomic mass is 9.49. The number of pyridine rings is 1. The number of aromatic nitrogens is 1. The van der Waals surface area contributed by atoms with Gasteiger partial charge in [0.05, 0.1) is 0 Å². The number of halogens is 1. The predicted molar refractivity (Wildman–Crippen MR) is 119 cm³/mol. The maximum Gasteiger partial charge on any atom is 0.246 e. The van der Waals surface area contributed by atoms with E-state index >= 15 is 0 Å². The molecule has 6 nitrogen and oxygen atoms in total. The Morgan fingerprint density at radius 3 is 2.32 bits per heavy atom. The molecule has 6 rings (SSSR count). The van der Waals surface area contributed by atoms with Gasteiger partial charge in [0.25, 0.3) is 0 Å². The van der Waals surface area contributed by atoms with Gasteiger partial charge in [0.2, 0.25) is 15.9 Å². The van der Waals surface area contributed by atoms with E-state index in [4.69, 9.17) is 11.6 Å². The first-order chi connectivity index (χ1) is 14.8. The summed E-state index contributed by atoms with van der Waals surface area (Å²) < 4.78 is 27.2. The summed E-state index contributed by atoms with van der Waals surface area (Å²) in [6.45, 7) is 1.43. The van der Waals surface area contributed by atoms with Crippen LogP contribution >= 0.6 is 11.6 Å². The van der Waals surface area contributed by atoms with E-state index in [9.17, 15) is 13.2 Å². The number of nitrogens with one attached hydrogen (secondary N) is 1. The first-order valence-corrected chi connectivity index (χ1v) is 13.5. The molecule has 1 saturated heterocycles. The topological polar surface area (TPSA) is 79.4 Å². The van der Waals surface area contributed by atoms with Crippen molar-refractivity contribution in [3.05, 3.63) is 23.5 Å². The van der Waals surface area contributed by atoms with Crippen LogP contribution in [0.1, 0.15) is 57.8 Å². The summed E-state index contributed by atoms with van der Waals surface area (Å²) in [6, 6.07) is 3.05. The van der Waals surface area contributed by atoms with Gasteiger partial charge in [0.15, 0.2) is 0 Å². The molecule has 0 spiro atoms. The lowest BCUT2D eigenvalue weighted by molar-refractivity contribution is -0.126. The maximum atomic E-state index is 12.9. The lowest BCUT2D eigenvalue weighted by Crippen LogP contribution is -2.48. The van der Waals surface area contributed by atoms with Crippen molar-refractivity contribution >= 4 is 27.5 Å². The number of carbonyl (C=O) groups excluding carboxylic acids is 1. The highest BCUT2D eigenvalue weighted by atomic mass is 35.5. The number of carbonyl (C=O) groups is 1. The molecule has 0 aromatic carbocycles. The number of hydrogen-bond donors (Lipinski definition) is 1. The third-order valence-electron chi connectivity index (χ3n) is 8.29. The number of amides is 1. The Labute approximate surface area is 190 Å². The minimum atomic E-state index is -3.68. The molecule has 170 valence electrons. The van der Waals surface area contributed by atoms with Crippen LogP contribution in [0.3, 0.4) is 0 Å². The van der Waals surface area contributed by atoms with Gasteiger partial charge in [0, 0.05) is 31.7 Å². The number of piperidine rings is 1. The Balaban J connectivity index is 1.11. The van der Waals surface area contributed by atoms with E-state index in [1.807, 2.05) is 0 Å². The monoisotopic (exact) mass is 465 g/mol. The van der Waals surface area contributed by atoms with Crippen molar-refractivity contribution in [2.24, 2.45) is 29.1 Å². The van der Waals surface area contributed by atoms with Gasteiger partial charge in [0.1, 0.15) is 10.0 Å². The number of hydrogen-bond acceptors (Lipinski definition) is 4. The van der Waals surface area contributed by atoms with Gasteiger partial charge in [-0.25, -0.2) is 13.4 Å². The Morgan fingerprint density at radius 1 is 1.13 bits per heavy atom. The highest BCUT2D eigenvalue weighted by Gasteiger charge is 2.50. The molecule has 0 atom stereocenters. The summed E-state index contributed by atoms with van der Waals surface area (Å²) in [5.74, 6) is 2.76. The van der Waals surface area contributed by atoms with Crippen LogP contribution in [0.25, 0.3) is 0 Å². The van der Waals surface area contributed by atoms with Gasteiger partial charge in [-0.15, -0.1) is 0 Å². The van der Waals surface area contributed by atoms with E-state index in [0.29, 0.717) is 31.3 Å². The van der Waals surface area contributed by atoms with E-state index in [1.54, 1.807) is 6.07 Å². The molecular weight excluding hydrogens is 434 g/mol. The molecule has 2 heterocycles. The Hall–Kier alpha value is -1.18. The molecule has 5 fully saturated rings. The van der Waals surface area contributed by atoms with Crippen LogP contribution in [0.15, 0.2) is 23.2 Å². The summed E-state index contributed by atoms with van der Waals surface area (Å²) >= 11 is 6.00. The molecule has 4 aliphatic carbocycles. The van der Waals surface area contributed by atoms with E-state index in [0.717, 1.165) is 30.7 Å². The first-order valence-electron chi connectivity index (χ1n) is 11.7. The van der Waals surface area contributed by atoms with Crippen LogP contribution in [0.5, 0.6) is 0 Å². The molecule has 1 amide bonds. The van der Waals surface area contributed by atoms with Gasteiger partial charge < -0.3 is 5.32 Å². The van der Waals surface area contributed by atoms with E-state index in [-0.39, 0.29) is 21.9 Å². The highest BCUT2D eigenvalue weighted by Crippen LogP contribution is 2.61. The van der Waals surface area contributed by atoms with Crippen molar-refractivity contribution in [2.75, 3.05) is 19.6 Å². The average Bonchev–Trinajstić information content (AvgIpc) is 2.73. The molecule has 31 heavy (non-hydrogen) atoms. The second kappa shape index (κ2) is 8.31. The zero-order chi connectivity index (χ0) is 21.6. The first kappa shape index (κ1) is 21.7. The van der Waals surface area contributed by atoms with Crippen LogP contribution in [0.2, 0.25) is 5.15 Å². The van der Waals surface area contributed by atoms with Crippen molar-refractivity contribution in [1.82, 2.24) is 14.6 Å². The molecule has 0 unspecified atom stereocenters. The minimum Gasteiger partial charge on any atom is -0.356 e. The maximum absolute atomic E-state index is 12.9. The number of rotatable bonds is 6. The van der Waals surface area contributed by atoms with Crippen molar-refractivity contribution in [1.29, 1.82) is 0 Å². The summed E-state index contributed by atoms with van der Waals surface area (Å²) in [5.41, 5.74) is 0.475. The zero-order valence-electron chi connectivity index (χ0n) is 17.9. The normalized spacial score (nSPS) is 33.5. The van der Waals surface area contributed by atoms with Crippen molar-refractivity contribution < 1.29 is 13.2 Å². The molecule has 1 aliphatic heterocycles. The number of sulfonamides is 1. The van der Waals surface area contributed by atoms with E-state index in [2.05, 4.69) is 10.3 Å². The van der Waals surface area contributed by atoms with E-state index < -0.39 is 10.0 Å². The Bertz CT molecular complexity index is 908. The molecule has 5 aliphatic rings.